The molecule has 1 saturated heterocycles. The Bertz CT molecular complexity index is 297. The summed E-state index contributed by atoms with van der Waals surface area (Å²) in [6.07, 6.45) is 1.01. The molecule has 1 rings (SSSR count). The predicted octanol–water partition coefficient (Wildman–Crippen LogP) is 0.416. The molecule has 0 atom stereocenters. The van der Waals surface area contributed by atoms with Crippen molar-refractivity contribution in [3.63, 3.8) is 0 Å². The van der Waals surface area contributed by atoms with E-state index in [2.05, 4.69) is 4.74 Å². The van der Waals surface area contributed by atoms with Gasteiger partial charge in [0.25, 0.3) is 11.1 Å². The molecule has 0 bridgehead atoms. The van der Waals surface area contributed by atoms with Crippen molar-refractivity contribution in [2.75, 3.05) is 6.61 Å². The minimum absolute atomic E-state index is 0.0726. The van der Waals surface area contributed by atoms with Gasteiger partial charge in [-0.05, 0) is 18.7 Å². The Kier molecular flexibility index (Phi) is 3.07. The average Bonchev–Trinajstić information content (AvgIpc) is 2.30. The fraction of sp³-hybridized carbons (Fsp3) is 0.286. The Labute approximate surface area is 78.5 Å². The van der Waals surface area contributed by atoms with Crippen LogP contribution in [0.25, 0.3) is 0 Å². The van der Waals surface area contributed by atoms with Crippen LogP contribution >= 0.6 is 11.8 Å². The molecule has 1 aliphatic rings. The average molecular weight is 201 g/mol. The summed E-state index contributed by atoms with van der Waals surface area (Å²) in [7, 11) is 0. The Morgan fingerprint density at radius 3 is 2.77 bits per heavy atom. The van der Waals surface area contributed by atoms with Gasteiger partial charge in [-0.2, -0.15) is 0 Å². The SMILES string of the molecule is CCOC(=O)/C=C1/SC(=O)NC1=O. The Morgan fingerprint density at radius 1 is 1.62 bits per heavy atom. The molecular weight excluding hydrogens is 194 g/mol. The van der Waals surface area contributed by atoms with Crippen molar-refractivity contribution in [1.82, 2.24) is 5.32 Å². The van der Waals surface area contributed by atoms with Gasteiger partial charge in [0.05, 0.1) is 11.5 Å². The highest BCUT2D eigenvalue weighted by atomic mass is 32.2. The van der Waals surface area contributed by atoms with Gasteiger partial charge in [-0.1, -0.05) is 0 Å². The lowest BCUT2D eigenvalue weighted by Crippen LogP contribution is -2.18. The predicted molar refractivity (Wildman–Crippen MR) is 45.8 cm³/mol. The molecule has 1 fully saturated rings. The van der Waals surface area contributed by atoms with Crippen LogP contribution in [-0.2, 0) is 14.3 Å². The highest BCUT2D eigenvalue weighted by Crippen LogP contribution is 2.22. The molecule has 0 unspecified atom stereocenters. The molecule has 1 heterocycles. The van der Waals surface area contributed by atoms with Crippen molar-refractivity contribution in [1.29, 1.82) is 0 Å². The summed E-state index contributed by atoms with van der Waals surface area (Å²) in [5.74, 6) is -1.17. The number of nitrogens with one attached hydrogen (secondary N) is 1. The first-order chi connectivity index (χ1) is 6.13. The van der Waals surface area contributed by atoms with Crippen LogP contribution in [0.2, 0.25) is 0 Å². The Hall–Kier alpha value is -1.30. The quantitative estimate of drug-likeness (QED) is 0.517. The molecule has 1 aliphatic heterocycles. The zero-order valence-corrected chi connectivity index (χ0v) is 7.64. The highest BCUT2D eigenvalue weighted by molar-refractivity contribution is 8.18. The lowest BCUT2D eigenvalue weighted by atomic mass is 10.4. The number of ether oxygens (including phenoxy) is 1. The second-order valence-electron chi connectivity index (χ2n) is 2.10. The van der Waals surface area contributed by atoms with Gasteiger partial charge in [0.15, 0.2) is 0 Å². The van der Waals surface area contributed by atoms with Gasteiger partial charge >= 0.3 is 5.97 Å². The van der Waals surface area contributed by atoms with Gasteiger partial charge in [-0.25, -0.2) is 4.79 Å². The van der Waals surface area contributed by atoms with E-state index in [4.69, 9.17) is 0 Å². The lowest BCUT2D eigenvalue weighted by Gasteiger charge is -1.94. The van der Waals surface area contributed by atoms with E-state index in [1.165, 1.54) is 0 Å². The van der Waals surface area contributed by atoms with Gasteiger partial charge < -0.3 is 4.74 Å². The van der Waals surface area contributed by atoms with E-state index in [9.17, 15) is 14.4 Å². The lowest BCUT2D eigenvalue weighted by molar-refractivity contribution is -0.137. The van der Waals surface area contributed by atoms with Crippen molar-refractivity contribution in [2.24, 2.45) is 0 Å². The molecule has 6 heteroatoms. The molecule has 0 aromatic rings. The molecule has 2 amide bonds. The zero-order chi connectivity index (χ0) is 9.84. The smallest absolute Gasteiger partial charge is 0.332 e. The van der Waals surface area contributed by atoms with Gasteiger partial charge in [-0.3, -0.25) is 14.9 Å². The third kappa shape index (κ3) is 2.59. The molecule has 0 spiro atoms. The fourth-order valence-corrected chi connectivity index (χ4v) is 1.35. The fourth-order valence-electron chi connectivity index (χ4n) is 0.712. The van der Waals surface area contributed by atoms with Gasteiger partial charge in [0, 0.05) is 6.08 Å². The van der Waals surface area contributed by atoms with Crippen molar-refractivity contribution in [3.05, 3.63) is 11.0 Å². The number of esters is 1. The number of hydrogen-bond acceptors (Lipinski definition) is 5. The van der Waals surface area contributed by atoms with Crippen LogP contribution in [0.3, 0.4) is 0 Å². The monoisotopic (exact) mass is 201 g/mol. The van der Waals surface area contributed by atoms with Gasteiger partial charge in [-0.15, -0.1) is 0 Å². The molecule has 0 aromatic carbocycles. The van der Waals surface area contributed by atoms with Crippen LogP contribution in [0.1, 0.15) is 6.92 Å². The minimum Gasteiger partial charge on any atom is -0.463 e. The largest absolute Gasteiger partial charge is 0.463 e. The Balaban J connectivity index is 2.66. The first-order valence-electron chi connectivity index (χ1n) is 3.55. The maximum absolute atomic E-state index is 10.9. The molecule has 70 valence electrons. The molecule has 13 heavy (non-hydrogen) atoms. The van der Waals surface area contributed by atoms with E-state index in [1.807, 2.05) is 5.32 Å². The summed E-state index contributed by atoms with van der Waals surface area (Å²) in [4.78, 5) is 32.5. The standard InChI is InChI=1S/C7H7NO4S/c1-2-12-5(9)3-4-6(10)8-7(11)13-4/h3H,2H2,1H3,(H,8,10,11)/b4-3+. The van der Waals surface area contributed by atoms with Crippen LogP contribution < -0.4 is 5.32 Å². The number of carbonyl (C=O) groups excluding carboxylic acids is 3. The highest BCUT2D eigenvalue weighted by Gasteiger charge is 2.26. The third-order valence-corrected chi connectivity index (χ3v) is 1.99. The number of thioether (sulfide) groups is 1. The molecule has 5 nitrogen and oxygen atoms in total. The van der Waals surface area contributed by atoms with Crippen LogP contribution in [-0.4, -0.2) is 23.7 Å². The minimum atomic E-state index is -0.616. The molecular formula is C7H7NO4S. The molecule has 0 saturated carbocycles. The van der Waals surface area contributed by atoms with Crippen LogP contribution in [0.15, 0.2) is 11.0 Å². The molecule has 0 radical (unpaired) electrons. The number of imide groups is 1. The second-order valence-corrected chi connectivity index (χ2v) is 3.12. The van der Waals surface area contributed by atoms with E-state index < -0.39 is 17.1 Å². The topological polar surface area (TPSA) is 72.5 Å². The Morgan fingerprint density at radius 2 is 2.31 bits per heavy atom. The van der Waals surface area contributed by atoms with Crippen molar-refractivity contribution < 1.29 is 19.1 Å². The zero-order valence-electron chi connectivity index (χ0n) is 6.83. The normalized spacial score (nSPS) is 19.0. The molecule has 0 aromatic heterocycles. The summed E-state index contributed by atoms with van der Waals surface area (Å²) in [5.41, 5.74) is 0. The number of amides is 2. The first kappa shape index (κ1) is 9.79. The van der Waals surface area contributed by atoms with E-state index in [0.29, 0.717) is 11.8 Å². The van der Waals surface area contributed by atoms with E-state index in [0.717, 1.165) is 6.08 Å². The number of hydrogen-bond donors (Lipinski definition) is 1. The molecule has 0 aliphatic carbocycles. The van der Waals surface area contributed by atoms with Crippen LogP contribution in [0, 0.1) is 0 Å². The summed E-state index contributed by atoms with van der Waals surface area (Å²) in [6.45, 7) is 1.90. The third-order valence-electron chi connectivity index (χ3n) is 1.18. The summed E-state index contributed by atoms with van der Waals surface area (Å²) in [5, 5.41) is 1.55. The van der Waals surface area contributed by atoms with Crippen molar-refractivity contribution >= 4 is 28.9 Å². The van der Waals surface area contributed by atoms with Gasteiger partial charge in [0.1, 0.15) is 0 Å². The van der Waals surface area contributed by atoms with E-state index >= 15 is 0 Å². The maximum Gasteiger partial charge on any atom is 0.332 e. The van der Waals surface area contributed by atoms with E-state index in [-0.39, 0.29) is 11.5 Å². The van der Waals surface area contributed by atoms with Crippen LogP contribution in [0.5, 0.6) is 0 Å². The van der Waals surface area contributed by atoms with Gasteiger partial charge in [0.2, 0.25) is 0 Å². The summed E-state index contributed by atoms with van der Waals surface area (Å²) in [6, 6.07) is 0. The van der Waals surface area contributed by atoms with E-state index in [1.54, 1.807) is 6.92 Å². The van der Waals surface area contributed by atoms with Crippen molar-refractivity contribution in [3.8, 4) is 0 Å². The second kappa shape index (κ2) is 4.08. The van der Waals surface area contributed by atoms with Crippen molar-refractivity contribution in [2.45, 2.75) is 6.92 Å². The number of carbonyl (C=O) groups is 3. The number of rotatable bonds is 2. The van der Waals surface area contributed by atoms with Crippen LogP contribution in [0.4, 0.5) is 4.79 Å². The molecule has 1 N–H and O–H groups in total. The summed E-state index contributed by atoms with van der Waals surface area (Å²) >= 11 is 0.689. The summed E-state index contributed by atoms with van der Waals surface area (Å²) < 4.78 is 4.57. The maximum atomic E-state index is 10.9. The first-order valence-corrected chi connectivity index (χ1v) is 4.36.